The first-order valence-corrected chi connectivity index (χ1v) is 13.0. The third kappa shape index (κ3) is 4.95. The SMILES string of the molecule is CC(=O)OC(C(=O)NC1C(=O)N2C(C(=O)O)=C(CSc3nnc(C)s3)CS[C@@H]12)c1ccccc1. The normalized spacial score (nSPS) is 20.3. The molecular formula is C21H20N4O6S3. The minimum absolute atomic E-state index is 0.0624. The standard InChI is InChI=1S/C21H20N4O6S3/c1-10-23-24-21(34-10)33-9-13-8-32-19-14(18(28)25(19)15(13)20(29)30)22-17(27)16(31-11(2)26)12-6-4-3-5-7-12/h3-7,14,16,19H,8-9H2,1-2H3,(H,22,27)(H,29,30)/t14?,16?,19-/m0/s1. The molecule has 2 aliphatic rings. The van der Waals surface area contributed by atoms with Gasteiger partial charge in [0.15, 0.2) is 4.34 Å². The molecule has 2 aromatic rings. The van der Waals surface area contributed by atoms with Crippen LogP contribution in [-0.4, -0.2) is 66.9 Å². The lowest BCUT2D eigenvalue weighted by molar-refractivity contribution is -0.157. The number of nitrogens with zero attached hydrogens (tertiary/aromatic N) is 3. The van der Waals surface area contributed by atoms with Crippen molar-refractivity contribution >= 4 is 58.6 Å². The van der Waals surface area contributed by atoms with Crippen molar-refractivity contribution in [1.29, 1.82) is 0 Å². The van der Waals surface area contributed by atoms with Crippen LogP contribution < -0.4 is 5.32 Å². The zero-order valence-electron chi connectivity index (χ0n) is 18.1. The van der Waals surface area contributed by atoms with Gasteiger partial charge in [-0.05, 0) is 12.5 Å². The summed E-state index contributed by atoms with van der Waals surface area (Å²) in [6, 6.07) is 7.55. The number of carboxylic acids is 1. The number of aliphatic carboxylic acids is 1. The molecule has 10 nitrogen and oxygen atoms in total. The average Bonchev–Trinajstić information content (AvgIpc) is 3.24. The van der Waals surface area contributed by atoms with Crippen molar-refractivity contribution in [2.24, 2.45) is 0 Å². The van der Waals surface area contributed by atoms with Crippen molar-refractivity contribution in [3.8, 4) is 0 Å². The average molecular weight is 521 g/mol. The molecule has 3 atom stereocenters. The van der Waals surface area contributed by atoms with Gasteiger partial charge in [0.2, 0.25) is 6.10 Å². The third-order valence-electron chi connectivity index (χ3n) is 5.05. The molecule has 0 saturated carbocycles. The fourth-order valence-electron chi connectivity index (χ4n) is 3.58. The molecule has 0 radical (unpaired) electrons. The number of amides is 2. The summed E-state index contributed by atoms with van der Waals surface area (Å²) in [7, 11) is 0. The lowest BCUT2D eigenvalue weighted by Crippen LogP contribution is -2.71. The number of nitrogens with one attached hydrogen (secondary N) is 1. The molecule has 34 heavy (non-hydrogen) atoms. The molecule has 2 N–H and O–H groups in total. The van der Waals surface area contributed by atoms with Crippen LogP contribution in [0.2, 0.25) is 0 Å². The Bertz CT molecular complexity index is 1170. The summed E-state index contributed by atoms with van der Waals surface area (Å²) < 4.78 is 5.91. The molecule has 0 spiro atoms. The number of aryl methyl sites for hydroxylation is 1. The number of carboxylic acid groups (broad SMARTS) is 1. The van der Waals surface area contributed by atoms with E-state index in [2.05, 4.69) is 15.5 Å². The predicted molar refractivity (Wildman–Crippen MR) is 126 cm³/mol. The highest BCUT2D eigenvalue weighted by Crippen LogP contribution is 2.42. The van der Waals surface area contributed by atoms with Crippen LogP contribution >= 0.6 is 34.9 Å². The van der Waals surface area contributed by atoms with E-state index in [1.54, 1.807) is 30.3 Å². The minimum atomic E-state index is -1.22. The molecule has 2 aliphatic heterocycles. The van der Waals surface area contributed by atoms with E-state index >= 15 is 0 Å². The maximum absolute atomic E-state index is 12.9. The summed E-state index contributed by atoms with van der Waals surface area (Å²) in [6.07, 6.45) is -1.22. The van der Waals surface area contributed by atoms with Gasteiger partial charge in [0, 0.05) is 24.0 Å². The first kappa shape index (κ1) is 24.2. The van der Waals surface area contributed by atoms with Gasteiger partial charge in [0.05, 0.1) is 0 Å². The van der Waals surface area contributed by atoms with Gasteiger partial charge < -0.3 is 15.2 Å². The number of fused-ring (bicyclic) bond motifs is 1. The number of thioether (sulfide) groups is 2. The smallest absolute Gasteiger partial charge is 0.352 e. The van der Waals surface area contributed by atoms with Gasteiger partial charge in [-0.1, -0.05) is 53.4 Å². The molecule has 0 bridgehead atoms. The molecule has 1 fully saturated rings. The number of esters is 1. The van der Waals surface area contributed by atoms with E-state index in [4.69, 9.17) is 4.74 Å². The van der Waals surface area contributed by atoms with E-state index in [0.29, 0.717) is 22.6 Å². The van der Waals surface area contributed by atoms with E-state index < -0.39 is 41.3 Å². The van der Waals surface area contributed by atoms with E-state index in [-0.39, 0.29) is 5.70 Å². The van der Waals surface area contributed by atoms with Crippen LogP contribution in [0.1, 0.15) is 23.6 Å². The van der Waals surface area contributed by atoms with Gasteiger partial charge in [0.1, 0.15) is 22.1 Å². The predicted octanol–water partition coefficient (Wildman–Crippen LogP) is 1.98. The fraction of sp³-hybridized carbons (Fsp3) is 0.333. The molecule has 1 aromatic carbocycles. The van der Waals surface area contributed by atoms with E-state index in [1.165, 1.54) is 46.7 Å². The lowest BCUT2D eigenvalue weighted by Gasteiger charge is -2.49. The van der Waals surface area contributed by atoms with Gasteiger partial charge in [-0.25, -0.2) is 4.79 Å². The molecule has 2 amide bonds. The second kappa shape index (κ2) is 10.2. The quantitative estimate of drug-likeness (QED) is 0.302. The summed E-state index contributed by atoms with van der Waals surface area (Å²) in [6.45, 7) is 3.03. The van der Waals surface area contributed by atoms with Gasteiger partial charge >= 0.3 is 11.9 Å². The van der Waals surface area contributed by atoms with Gasteiger partial charge in [-0.15, -0.1) is 22.0 Å². The maximum Gasteiger partial charge on any atom is 0.352 e. The number of rotatable bonds is 8. The summed E-state index contributed by atoms with van der Waals surface area (Å²) in [4.78, 5) is 50.6. The first-order valence-electron chi connectivity index (χ1n) is 10.1. The van der Waals surface area contributed by atoms with E-state index in [0.717, 1.165) is 9.35 Å². The third-order valence-corrected chi connectivity index (χ3v) is 8.45. The first-order chi connectivity index (χ1) is 16.3. The second-order valence-electron chi connectivity index (χ2n) is 7.43. The van der Waals surface area contributed by atoms with Gasteiger partial charge in [-0.2, -0.15) is 0 Å². The number of benzene rings is 1. The number of carbonyl (C=O) groups is 4. The van der Waals surface area contributed by atoms with Crippen LogP contribution in [0.15, 0.2) is 45.9 Å². The Hall–Kier alpha value is -2.90. The Morgan fingerprint density at radius 3 is 2.65 bits per heavy atom. The molecule has 1 saturated heterocycles. The van der Waals surface area contributed by atoms with Crippen LogP contribution in [-0.2, 0) is 23.9 Å². The molecule has 2 unspecified atom stereocenters. The van der Waals surface area contributed by atoms with Crippen molar-refractivity contribution < 1.29 is 29.0 Å². The summed E-state index contributed by atoms with van der Waals surface area (Å²) in [5.74, 6) is -2.25. The zero-order valence-corrected chi connectivity index (χ0v) is 20.5. The summed E-state index contributed by atoms with van der Waals surface area (Å²) >= 11 is 4.16. The van der Waals surface area contributed by atoms with Crippen molar-refractivity contribution in [3.05, 3.63) is 52.2 Å². The molecule has 1 aromatic heterocycles. The second-order valence-corrected chi connectivity index (χ2v) is 10.9. The largest absolute Gasteiger partial charge is 0.477 e. The highest BCUT2D eigenvalue weighted by molar-refractivity contribution is 8.01. The molecule has 4 rings (SSSR count). The van der Waals surface area contributed by atoms with Crippen LogP contribution in [0.5, 0.6) is 0 Å². The zero-order chi connectivity index (χ0) is 24.4. The van der Waals surface area contributed by atoms with Gasteiger partial charge in [-0.3, -0.25) is 19.3 Å². The van der Waals surface area contributed by atoms with Crippen LogP contribution in [0.25, 0.3) is 0 Å². The van der Waals surface area contributed by atoms with E-state index in [9.17, 15) is 24.3 Å². The number of aromatic nitrogens is 2. The summed E-state index contributed by atoms with van der Waals surface area (Å²) in [5, 5.41) is 20.7. The topological polar surface area (TPSA) is 139 Å². The lowest BCUT2D eigenvalue weighted by atomic mass is 10.0. The molecular weight excluding hydrogens is 500 g/mol. The Labute approximate surface area is 207 Å². The number of hydrogen-bond acceptors (Lipinski definition) is 10. The van der Waals surface area contributed by atoms with Crippen molar-refractivity contribution in [1.82, 2.24) is 20.4 Å². The Morgan fingerprint density at radius 2 is 2.03 bits per heavy atom. The molecule has 0 aliphatic carbocycles. The Balaban J connectivity index is 1.48. The van der Waals surface area contributed by atoms with E-state index in [1.807, 2.05) is 6.92 Å². The Kier molecular flexibility index (Phi) is 7.24. The highest BCUT2D eigenvalue weighted by Gasteiger charge is 2.54. The molecule has 3 heterocycles. The number of β-lactam (4-membered cyclic amide) rings is 1. The fourth-order valence-corrected chi connectivity index (χ4v) is 6.88. The minimum Gasteiger partial charge on any atom is -0.477 e. The maximum atomic E-state index is 12.9. The van der Waals surface area contributed by atoms with Crippen LogP contribution in [0.3, 0.4) is 0 Å². The molecule has 13 heteroatoms. The molecule has 178 valence electrons. The van der Waals surface area contributed by atoms with Crippen molar-refractivity contribution in [2.75, 3.05) is 11.5 Å². The van der Waals surface area contributed by atoms with Crippen LogP contribution in [0, 0.1) is 6.92 Å². The van der Waals surface area contributed by atoms with Gasteiger partial charge in [0.25, 0.3) is 11.8 Å². The van der Waals surface area contributed by atoms with Crippen LogP contribution in [0.4, 0.5) is 0 Å². The summed E-state index contributed by atoms with van der Waals surface area (Å²) in [5.41, 5.74) is 1.01. The monoisotopic (exact) mass is 520 g/mol. The number of carbonyl (C=O) groups excluding carboxylic acids is 3. The van der Waals surface area contributed by atoms with Crippen molar-refractivity contribution in [3.63, 3.8) is 0 Å². The number of hydrogen-bond donors (Lipinski definition) is 2. The van der Waals surface area contributed by atoms with Crippen molar-refractivity contribution in [2.45, 2.75) is 35.7 Å². The Morgan fingerprint density at radius 1 is 1.29 bits per heavy atom. The highest BCUT2D eigenvalue weighted by atomic mass is 32.2. The number of ether oxygens (including phenoxy) is 1.